The second-order valence-electron chi connectivity index (χ2n) is 5.42. The summed E-state index contributed by atoms with van der Waals surface area (Å²) in [4.78, 5) is 4.58. The molecular formula is C16H21N3OS. The molecule has 0 aliphatic carbocycles. The first-order chi connectivity index (χ1) is 10.3. The Morgan fingerprint density at radius 1 is 1.43 bits per heavy atom. The first-order valence-electron chi connectivity index (χ1n) is 7.54. The summed E-state index contributed by atoms with van der Waals surface area (Å²) < 4.78 is 5.49. The zero-order chi connectivity index (χ0) is 14.7. The molecule has 3 rings (SSSR count). The van der Waals surface area contributed by atoms with Gasteiger partial charge in [-0.3, -0.25) is 0 Å². The highest BCUT2D eigenvalue weighted by molar-refractivity contribution is 7.99. The van der Waals surface area contributed by atoms with E-state index in [9.17, 15) is 0 Å². The van der Waals surface area contributed by atoms with Crippen LogP contribution >= 0.6 is 11.8 Å². The summed E-state index contributed by atoms with van der Waals surface area (Å²) in [5, 5.41) is 8.15. The molecule has 112 valence electrons. The summed E-state index contributed by atoms with van der Waals surface area (Å²) in [6.45, 7) is 6.36. The van der Waals surface area contributed by atoms with Gasteiger partial charge in [0.1, 0.15) is 0 Å². The summed E-state index contributed by atoms with van der Waals surface area (Å²) in [6.07, 6.45) is 2.18. The fourth-order valence-corrected chi connectivity index (χ4v) is 3.28. The van der Waals surface area contributed by atoms with Gasteiger partial charge in [0, 0.05) is 17.4 Å². The smallest absolute Gasteiger partial charge is 0.258 e. The maximum atomic E-state index is 5.49. The van der Waals surface area contributed by atoms with E-state index in [0.29, 0.717) is 11.1 Å². The summed E-state index contributed by atoms with van der Waals surface area (Å²) in [7, 11) is 0. The second kappa shape index (κ2) is 6.62. The maximum Gasteiger partial charge on any atom is 0.258 e. The van der Waals surface area contributed by atoms with Crippen molar-refractivity contribution in [2.45, 2.75) is 44.2 Å². The Kier molecular flexibility index (Phi) is 4.60. The Balaban J connectivity index is 1.80. The Labute approximate surface area is 129 Å². The normalized spacial score (nSPS) is 15.7. The van der Waals surface area contributed by atoms with Gasteiger partial charge in [0.05, 0.1) is 5.75 Å². The number of hydrogen-bond donors (Lipinski definition) is 1. The molecule has 2 heterocycles. The number of hydrogen-bond acceptors (Lipinski definition) is 5. The lowest BCUT2D eigenvalue weighted by molar-refractivity contribution is 0.424. The van der Waals surface area contributed by atoms with Crippen LogP contribution in [-0.2, 0) is 18.7 Å². The minimum absolute atomic E-state index is 0.627. The van der Waals surface area contributed by atoms with Crippen molar-refractivity contribution in [2.24, 2.45) is 0 Å². The third-order valence-corrected chi connectivity index (χ3v) is 5.24. The van der Waals surface area contributed by atoms with Crippen LogP contribution in [0.5, 0.6) is 0 Å². The van der Waals surface area contributed by atoms with Crippen molar-refractivity contribution in [3.63, 3.8) is 0 Å². The number of rotatable bonds is 5. The molecule has 2 aromatic rings. The minimum atomic E-state index is 0.627. The Morgan fingerprint density at radius 3 is 3.19 bits per heavy atom. The van der Waals surface area contributed by atoms with Crippen LogP contribution < -0.4 is 5.32 Å². The SMILES string of the molecule is CCC(C)SCc1noc(-c2cccc3c2CCNC3)n1. The Hall–Kier alpha value is -1.33. The number of nitrogens with zero attached hydrogens (tertiary/aromatic N) is 2. The average molecular weight is 303 g/mol. The fourth-order valence-electron chi connectivity index (χ4n) is 2.49. The molecule has 1 aromatic heterocycles. The quantitative estimate of drug-likeness (QED) is 0.917. The van der Waals surface area contributed by atoms with Crippen LogP contribution in [0, 0.1) is 0 Å². The van der Waals surface area contributed by atoms with Crippen LogP contribution in [0.4, 0.5) is 0 Å². The fraction of sp³-hybridized carbons (Fsp3) is 0.500. The van der Waals surface area contributed by atoms with E-state index in [1.54, 1.807) is 0 Å². The lowest BCUT2D eigenvalue weighted by Gasteiger charge is -2.18. The Bertz CT molecular complexity index is 611. The predicted molar refractivity (Wildman–Crippen MR) is 86.2 cm³/mol. The number of fused-ring (bicyclic) bond motifs is 1. The van der Waals surface area contributed by atoms with Gasteiger partial charge in [-0.15, -0.1) is 0 Å². The monoisotopic (exact) mass is 303 g/mol. The van der Waals surface area contributed by atoms with Crippen molar-refractivity contribution in [3.8, 4) is 11.5 Å². The highest BCUT2D eigenvalue weighted by atomic mass is 32.2. The largest absolute Gasteiger partial charge is 0.334 e. The zero-order valence-corrected chi connectivity index (χ0v) is 13.4. The third kappa shape index (κ3) is 3.30. The van der Waals surface area contributed by atoms with Crippen molar-refractivity contribution in [1.82, 2.24) is 15.5 Å². The number of nitrogens with one attached hydrogen (secondary N) is 1. The van der Waals surface area contributed by atoms with Crippen LogP contribution in [0.2, 0.25) is 0 Å². The summed E-state index contributed by atoms with van der Waals surface area (Å²) in [6, 6.07) is 6.32. The van der Waals surface area contributed by atoms with Crippen molar-refractivity contribution in [1.29, 1.82) is 0 Å². The lowest BCUT2D eigenvalue weighted by Crippen LogP contribution is -2.24. The first-order valence-corrected chi connectivity index (χ1v) is 8.59. The molecular weight excluding hydrogens is 282 g/mol. The van der Waals surface area contributed by atoms with E-state index in [2.05, 4.69) is 47.5 Å². The standard InChI is InChI=1S/C16H21N3OS/c1-3-11(2)21-10-15-18-16(20-19-15)14-6-4-5-12-9-17-8-7-13(12)14/h4-6,11,17H,3,7-10H2,1-2H3. The minimum Gasteiger partial charge on any atom is -0.334 e. The van der Waals surface area contributed by atoms with E-state index in [1.807, 2.05) is 11.8 Å². The molecule has 0 bridgehead atoms. The van der Waals surface area contributed by atoms with Gasteiger partial charge >= 0.3 is 0 Å². The van der Waals surface area contributed by atoms with E-state index in [-0.39, 0.29) is 0 Å². The van der Waals surface area contributed by atoms with Crippen molar-refractivity contribution in [2.75, 3.05) is 6.54 Å². The molecule has 0 fully saturated rings. The lowest BCUT2D eigenvalue weighted by atomic mass is 9.95. The van der Waals surface area contributed by atoms with Gasteiger partial charge < -0.3 is 9.84 Å². The van der Waals surface area contributed by atoms with Gasteiger partial charge in [-0.05, 0) is 36.6 Å². The molecule has 1 unspecified atom stereocenters. The molecule has 0 saturated carbocycles. The van der Waals surface area contributed by atoms with E-state index < -0.39 is 0 Å². The summed E-state index contributed by atoms with van der Waals surface area (Å²) in [5.74, 6) is 2.27. The maximum absolute atomic E-state index is 5.49. The molecule has 1 aliphatic heterocycles. The highest BCUT2D eigenvalue weighted by Gasteiger charge is 2.18. The topological polar surface area (TPSA) is 51.0 Å². The molecule has 0 radical (unpaired) electrons. The number of aromatic nitrogens is 2. The number of benzene rings is 1. The summed E-state index contributed by atoms with van der Waals surface area (Å²) >= 11 is 1.87. The van der Waals surface area contributed by atoms with E-state index in [0.717, 1.165) is 43.1 Å². The van der Waals surface area contributed by atoms with Gasteiger partial charge in [0.15, 0.2) is 5.82 Å². The Morgan fingerprint density at radius 2 is 2.33 bits per heavy atom. The van der Waals surface area contributed by atoms with Crippen molar-refractivity contribution < 1.29 is 4.52 Å². The van der Waals surface area contributed by atoms with Gasteiger partial charge in [-0.25, -0.2) is 0 Å². The molecule has 0 spiro atoms. The molecule has 1 atom stereocenters. The third-order valence-electron chi connectivity index (χ3n) is 3.91. The van der Waals surface area contributed by atoms with Crippen LogP contribution in [-0.4, -0.2) is 21.9 Å². The van der Waals surface area contributed by atoms with Crippen LogP contribution in [0.15, 0.2) is 22.7 Å². The van der Waals surface area contributed by atoms with E-state index in [1.165, 1.54) is 11.1 Å². The van der Waals surface area contributed by atoms with Gasteiger partial charge in [-0.2, -0.15) is 16.7 Å². The second-order valence-corrected chi connectivity index (χ2v) is 6.84. The zero-order valence-electron chi connectivity index (χ0n) is 12.6. The van der Waals surface area contributed by atoms with Crippen LogP contribution in [0.1, 0.15) is 37.2 Å². The average Bonchev–Trinajstić information content (AvgIpc) is 3.00. The molecule has 21 heavy (non-hydrogen) atoms. The molecule has 0 saturated heterocycles. The van der Waals surface area contributed by atoms with Crippen LogP contribution in [0.3, 0.4) is 0 Å². The van der Waals surface area contributed by atoms with Gasteiger partial charge in [-0.1, -0.05) is 31.1 Å². The number of thioether (sulfide) groups is 1. The molecule has 0 amide bonds. The van der Waals surface area contributed by atoms with E-state index in [4.69, 9.17) is 4.52 Å². The molecule has 5 heteroatoms. The predicted octanol–water partition coefficient (Wildman–Crippen LogP) is 3.41. The first kappa shape index (κ1) is 14.6. The molecule has 1 N–H and O–H groups in total. The molecule has 1 aliphatic rings. The summed E-state index contributed by atoms with van der Waals surface area (Å²) in [5.41, 5.74) is 3.79. The van der Waals surface area contributed by atoms with Crippen molar-refractivity contribution >= 4 is 11.8 Å². The molecule has 1 aromatic carbocycles. The van der Waals surface area contributed by atoms with Gasteiger partial charge in [0.2, 0.25) is 0 Å². The van der Waals surface area contributed by atoms with E-state index >= 15 is 0 Å². The highest BCUT2D eigenvalue weighted by Crippen LogP contribution is 2.28. The van der Waals surface area contributed by atoms with Crippen molar-refractivity contribution in [3.05, 3.63) is 35.2 Å². The van der Waals surface area contributed by atoms with Gasteiger partial charge in [0.25, 0.3) is 5.89 Å². The van der Waals surface area contributed by atoms with Crippen LogP contribution in [0.25, 0.3) is 11.5 Å². The molecule has 4 nitrogen and oxygen atoms in total.